The third kappa shape index (κ3) is 6.22. The molecule has 1 saturated heterocycles. The lowest BCUT2D eigenvalue weighted by atomic mass is 10.1. The number of unbranched alkanes of at least 4 members (excludes halogenated alkanes) is 1. The van der Waals surface area contributed by atoms with E-state index in [-0.39, 0.29) is 36.3 Å². The number of nitrogens with two attached hydrogens (primary N) is 1. The van der Waals surface area contributed by atoms with E-state index in [1.807, 2.05) is 6.92 Å². The Morgan fingerprint density at radius 1 is 1.33 bits per heavy atom. The Balaban J connectivity index is 0.00000400. The van der Waals surface area contributed by atoms with Crippen molar-refractivity contribution in [2.45, 2.75) is 70.9 Å². The molecule has 2 amide bonds. The summed E-state index contributed by atoms with van der Waals surface area (Å²) in [4.78, 5) is 26.1. The summed E-state index contributed by atoms with van der Waals surface area (Å²) in [6, 6.07) is -0.254. The number of carbonyl (C=O) groups is 2. The third-order valence-electron chi connectivity index (χ3n) is 3.88. The Hall–Kier alpha value is -0.810. The van der Waals surface area contributed by atoms with Crippen LogP contribution in [-0.4, -0.2) is 41.9 Å². The number of carbonyl (C=O) groups excluding carboxylic acids is 2. The Labute approximate surface area is 134 Å². The van der Waals surface area contributed by atoms with Gasteiger partial charge in [0.15, 0.2) is 0 Å². The zero-order valence-corrected chi connectivity index (χ0v) is 14.1. The molecular formula is C15H30ClN3O2. The van der Waals surface area contributed by atoms with Gasteiger partial charge in [-0.3, -0.25) is 9.59 Å². The molecule has 21 heavy (non-hydrogen) atoms. The van der Waals surface area contributed by atoms with Gasteiger partial charge in [0.05, 0.1) is 0 Å². The van der Waals surface area contributed by atoms with E-state index < -0.39 is 0 Å². The summed E-state index contributed by atoms with van der Waals surface area (Å²) in [5.41, 5.74) is 5.71. The highest BCUT2D eigenvalue weighted by atomic mass is 35.5. The smallest absolute Gasteiger partial charge is 0.243 e. The van der Waals surface area contributed by atoms with Crippen LogP contribution in [0.5, 0.6) is 0 Å². The molecule has 0 radical (unpaired) electrons. The van der Waals surface area contributed by atoms with Gasteiger partial charge < -0.3 is 16.0 Å². The molecule has 0 aromatic rings. The predicted octanol–water partition coefficient (Wildman–Crippen LogP) is 1.83. The largest absolute Gasteiger partial charge is 0.350 e. The molecule has 0 saturated carbocycles. The summed E-state index contributed by atoms with van der Waals surface area (Å²) in [7, 11) is 0. The average molecular weight is 320 g/mol. The van der Waals surface area contributed by atoms with Crippen LogP contribution in [0.15, 0.2) is 0 Å². The maximum absolute atomic E-state index is 12.3. The zero-order chi connectivity index (χ0) is 15.0. The van der Waals surface area contributed by atoms with Crippen LogP contribution in [0.3, 0.4) is 0 Å². The monoisotopic (exact) mass is 319 g/mol. The number of halogens is 1. The molecule has 3 N–H and O–H groups in total. The van der Waals surface area contributed by atoms with Crippen molar-refractivity contribution in [2.24, 2.45) is 5.73 Å². The van der Waals surface area contributed by atoms with E-state index in [0.29, 0.717) is 19.5 Å². The van der Waals surface area contributed by atoms with Crippen LogP contribution in [0.2, 0.25) is 0 Å². The van der Waals surface area contributed by atoms with Crippen LogP contribution in [0.25, 0.3) is 0 Å². The van der Waals surface area contributed by atoms with Gasteiger partial charge in [-0.15, -0.1) is 12.4 Å². The first-order valence-corrected chi connectivity index (χ1v) is 7.93. The van der Waals surface area contributed by atoms with Gasteiger partial charge in [0.25, 0.3) is 0 Å². The molecule has 5 nitrogen and oxygen atoms in total. The SMILES string of the molecule is CCCCC(CN)NC(=O)C1CCCN1C(=O)CCC.Cl. The fourth-order valence-corrected chi connectivity index (χ4v) is 2.69. The molecule has 124 valence electrons. The van der Waals surface area contributed by atoms with Gasteiger partial charge in [0, 0.05) is 25.6 Å². The highest BCUT2D eigenvalue weighted by Gasteiger charge is 2.34. The van der Waals surface area contributed by atoms with Gasteiger partial charge in [-0.1, -0.05) is 26.7 Å². The lowest BCUT2D eigenvalue weighted by Crippen LogP contribution is -2.50. The maximum Gasteiger partial charge on any atom is 0.243 e. The summed E-state index contributed by atoms with van der Waals surface area (Å²) in [6.45, 7) is 5.27. The second-order valence-corrected chi connectivity index (χ2v) is 5.58. The fraction of sp³-hybridized carbons (Fsp3) is 0.867. The quantitative estimate of drug-likeness (QED) is 0.716. The molecule has 1 aliphatic heterocycles. The first-order valence-electron chi connectivity index (χ1n) is 7.93. The number of hydrogen-bond donors (Lipinski definition) is 2. The first-order chi connectivity index (χ1) is 9.63. The molecule has 1 heterocycles. The molecule has 0 aromatic carbocycles. The van der Waals surface area contributed by atoms with Crippen molar-refractivity contribution in [2.75, 3.05) is 13.1 Å². The molecule has 0 aromatic heterocycles. The number of hydrogen-bond acceptors (Lipinski definition) is 3. The van der Waals surface area contributed by atoms with E-state index in [1.54, 1.807) is 4.90 Å². The Morgan fingerprint density at radius 3 is 2.62 bits per heavy atom. The number of nitrogens with zero attached hydrogens (tertiary/aromatic N) is 1. The zero-order valence-electron chi connectivity index (χ0n) is 13.3. The minimum Gasteiger partial charge on any atom is -0.350 e. The van der Waals surface area contributed by atoms with Crippen LogP contribution in [0.4, 0.5) is 0 Å². The fourth-order valence-electron chi connectivity index (χ4n) is 2.69. The van der Waals surface area contributed by atoms with Crippen LogP contribution >= 0.6 is 12.4 Å². The van der Waals surface area contributed by atoms with E-state index in [9.17, 15) is 9.59 Å². The summed E-state index contributed by atoms with van der Waals surface area (Å²) in [6.07, 6.45) is 6.10. The number of rotatable bonds is 8. The van der Waals surface area contributed by atoms with E-state index in [2.05, 4.69) is 12.2 Å². The van der Waals surface area contributed by atoms with E-state index in [4.69, 9.17) is 5.73 Å². The average Bonchev–Trinajstić information content (AvgIpc) is 2.93. The van der Waals surface area contributed by atoms with E-state index in [0.717, 1.165) is 38.5 Å². The normalized spacial score (nSPS) is 19.0. The molecule has 2 atom stereocenters. The molecule has 2 unspecified atom stereocenters. The van der Waals surface area contributed by atoms with Crippen LogP contribution in [0.1, 0.15) is 58.8 Å². The molecule has 0 bridgehead atoms. The molecule has 6 heteroatoms. The topological polar surface area (TPSA) is 75.4 Å². The number of amides is 2. The van der Waals surface area contributed by atoms with Crippen molar-refractivity contribution in [1.29, 1.82) is 0 Å². The highest BCUT2D eigenvalue weighted by Crippen LogP contribution is 2.19. The van der Waals surface area contributed by atoms with Gasteiger partial charge in [0.2, 0.25) is 11.8 Å². The lowest BCUT2D eigenvalue weighted by molar-refractivity contribution is -0.138. The maximum atomic E-state index is 12.3. The minimum atomic E-state index is -0.287. The van der Waals surface area contributed by atoms with Gasteiger partial charge in [-0.05, 0) is 25.7 Å². The van der Waals surface area contributed by atoms with Gasteiger partial charge >= 0.3 is 0 Å². The summed E-state index contributed by atoms with van der Waals surface area (Å²) in [5, 5.41) is 3.01. The number of nitrogens with one attached hydrogen (secondary N) is 1. The van der Waals surface area contributed by atoms with Gasteiger partial charge in [0.1, 0.15) is 6.04 Å². The standard InChI is InChI=1S/C15H29N3O2.ClH/c1-3-5-8-12(11-16)17-15(20)13-9-6-10-18(13)14(19)7-4-2;/h12-13H,3-11,16H2,1-2H3,(H,17,20);1H. The summed E-state index contributed by atoms with van der Waals surface area (Å²) < 4.78 is 0. The Morgan fingerprint density at radius 2 is 2.05 bits per heavy atom. The van der Waals surface area contributed by atoms with Crippen molar-refractivity contribution < 1.29 is 9.59 Å². The Bertz CT molecular complexity index is 326. The Kier molecular flexibility index (Phi) is 10.4. The number of likely N-dealkylation sites (tertiary alicyclic amines) is 1. The second kappa shape index (κ2) is 10.9. The molecule has 0 aliphatic carbocycles. The molecule has 0 spiro atoms. The predicted molar refractivity (Wildman–Crippen MR) is 87.4 cm³/mol. The van der Waals surface area contributed by atoms with Crippen LogP contribution in [-0.2, 0) is 9.59 Å². The van der Waals surface area contributed by atoms with Crippen LogP contribution in [0, 0.1) is 0 Å². The van der Waals surface area contributed by atoms with Gasteiger partial charge in [-0.2, -0.15) is 0 Å². The van der Waals surface area contributed by atoms with Crippen molar-refractivity contribution in [3.8, 4) is 0 Å². The lowest BCUT2D eigenvalue weighted by Gasteiger charge is -2.26. The molecule has 1 fully saturated rings. The minimum absolute atomic E-state index is 0. The molecular weight excluding hydrogens is 290 g/mol. The highest BCUT2D eigenvalue weighted by molar-refractivity contribution is 5.88. The summed E-state index contributed by atoms with van der Waals surface area (Å²) in [5.74, 6) is 0.0708. The first kappa shape index (κ1) is 20.2. The molecule has 1 aliphatic rings. The second-order valence-electron chi connectivity index (χ2n) is 5.58. The van der Waals surface area contributed by atoms with Crippen molar-refractivity contribution in [3.05, 3.63) is 0 Å². The molecule has 1 rings (SSSR count). The van der Waals surface area contributed by atoms with E-state index >= 15 is 0 Å². The van der Waals surface area contributed by atoms with Crippen molar-refractivity contribution in [3.63, 3.8) is 0 Å². The van der Waals surface area contributed by atoms with Crippen molar-refractivity contribution in [1.82, 2.24) is 10.2 Å². The van der Waals surface area contributed by atoms with Crippen LogP contribution < -0.4 is 11.1 Å². The summed E-state index contributed by atoms with van der Waals surface area (Å²) >= 11 is 0. The van der Waals surface area contributed by atoms with Crippen molar-refractivity contribution >= 4 is 24.2 Å². The third-order valence-corrected chi connectivity index (χ3v) is 3.88. The van der Waals surface area contributed by atoms with E-state index in [1.165, 1.54) is 0 Å². The van der Waals surface area contributed by atoms with Gasteiger partial charge in [-0.25, -0.2) is 0 Å².